The SMILES string of the molecule is CC(C)(C)OC(=O)NCCCc1ccc2ncccc2n1. The van der Waals surface area contributed by atoms with Crippen molar-refractivity contribution in [3.63, 3.8) is 0 Å². The van der Waals surface area contributed by atoms with Gasteiger partial charge in [0, 0.05) is 18.4 Å². The maximum Gasteiger partial charge on any atom is 0.407 e. The van der Waals surface area contributed by atoms with E-state index in [1.807, 2.05) is 45.0 Å². The number of carbonyl (C=O) groups is 1. The van der Waals surface area contributed by atoms with Crippen LogP contribution in [-0.2, 0) is 11.2 Å². The van der Waals surface area contributed by atoms with Gasteiger partial charge in [-0.1, -0.05) is 0 Å². The summed E-state index contributed by atoms with van der Waals surface area (Å²) >= 11 is 0. The van der Waals surface area contributed by atoms with Crippen molar-refractivity contribution >= 4 is 17.1 Å². The number of ether oxygens (including phenoxy) is 1. The molecule has 0 fully saturated rings. The van der Waals surface area contributed by atoms with Gasteiger partial charge in [0.2, 0.25) is 0 Å². The zero-order valence-corrected chi connectivity index (χ0v) is 12.7. The zero-order valence-electron chi connectivity index (χ0n) is 12.7. The number of pyridine rings is 2. The first-order valence-electron chi connectivity index (χ1n) is 7.11. The summed E-state index contributed by atoms with van der Waals surface area (Å²) in [5, 5.41) is 2.75. The summed E-state index contributed by atoms with van der Waals surface area (Å²) < 4.78 is 5.17. The van der Waals surface area contributed by atoms with Gasteiger partial charge in [0.05, 0.1) is 11.0 Å². The van der Waals surface area contributed by atoms with Crippen molar-refractivity contribution in [3.8, 4) is 0 Å². The minimum absolute atomic E-state index is 0.377. The van der Waals surface area contributed by atoms with E-state index in [-0.39, 0.29) is 6.09 Å². The lowest BCUT2D eigenvalue weighted by Gasteiger charge is -2.19. The molecule has 0 aliphatic heterocycles. The summed E-state index contributed by atoms with van der Waals surface area (Å²) in [4.78, 5) is 20.3. The van der Waals surface area contributed by atoms with Crippen LogP contribution in [0.15, 0.2) is 30.5 Å². The molecular formula is C16H21N3O2. The molecular weight excluding hydrogens is 266 g/mol. The summed E-state index contributed by atoms with van der Waals surface area (Å²) in [7, 11) is 0. The van der Waals surface area contributed by atoms with E-state index in [0.29, 0.717) is 6.54 Å². The van der Waals surface area contributed by atoms with Crippen LogP contribution in [0.4, 0.5) is 4.79 Å². The van der Waals surface area contributed by atoms with Crippen LogP contribution in [0.1, 0.15) is 32.9 Å². The van der Waals surface area contributed by atoms with Gasteiger partial charge >= 0.3 is 6.09 Å². The Kier molecular flexibility index (Phi) is 4.73. The van der Waals surface area contributed by atoms with Crippen molar-refractivity contribution in [3.05, 3.63) is 36.2 Å². The molecule has 0 unspecified atom stereocenters. The van der Waals surface area contributed by atoms with E-state index >= 15 is 0 Å². The third kappa shape index (κ3) is 5.02. The number of aryl methyl sites for hydroxylation is 1. The molecule has 0 aliphatic rings. The van der Waals surface area contributed by atoms with Gasteiger partial charge in [0.25, 0.3) is 0 Å². The highest BCUT2D eigenvalue weighted by atomic mass is 16.6. The molecule has 2 rings (SSSR count). The molecule has 0 radical (unpaired) electrons. The van der Waals surface area contributed by atoms with E-state index in [9.17, 15) is 4.79 Å². The first-order chi connectivity index (χ1) is 9.94. The Morgan fingerprint density at radius 2 is 2.05 bits per heavy atom. The van der Waals surface area contributed by atoms with Crippen molar-refractivity contribution in [1.29, 1.82) is 0 Å². The lowest BCUT2D eigenvalue weighted by molar-refractivity contribution is 0.0527. The molecule has 2 heterocycles. The molecule has 0 spiro atoms. The van der Waals surface area contributed by atoms with Crippen LogP contribution >= 0.6 is 0 Å². The van der Waals surface area contributed by atoms with Crippen molar-refractivity contribution < 1.29 is 9.53 Å². The van der Waals surface area contributed by atoms with E-state index in [1.54, 1.807) is 6.20 Å². The third-order valence-electron chi connectivity index (χ3n) is 2.79. The van der Waals surface area contributed by atoms with Crippen molar-refractivity contribution in [2.24, 2.45) is 0 Å². The number of carbonyl (C=O) groups excluding carboxylic acids is 1. The fraction of sp³-hybridized carbons (Fsp3) is 0.438. The van der Waals surface area contributed by atoms with E-state index < -0.39 is 5.60 Å². The smallest absolute Gasteiger partial charge is 0.407 e. The van der Waals surface area contributed by atoms with Crippen LogP contribution in [-0.4, -0.2) is 28.2 Å². The van der Waals surface area contributed by atoms with Gasteiger partial charge < -0.3 is 10.1 Å². The van der Waals surface area contributed by atoms with Crippen LogP contribution < -0.4 is 5.32 Å². The summed E-state index contributed by atoms with van der Waals surface area (Å²) in [6.07, 6.45) is 3.01. The Morgan fingerprint density at radius 1 is 1.24 bits per heavy atom. The van der Waals surface area contributed by atoms with Gasteiger partial charge in [-0.2, -0.15) is 0 Å². The number of fused-ring (bicyclic) bond motifs is 1. The lowest BCUT2D eigenvalue weighted by atomic mass is 10.2. The molecule has 1 amide bonds. The lowest BCUT2D eigenvalue weighted by Crippen LogP contribution is -2.33. The number of hydrogen-bond donors (Lipinski definition) is 1. The molecule has 112 valence electrons. The Labute approximate surface area is 124 Å². The number of nitrogens with one attached hydrogen (secondary N) is 1. The van der Waals surface area contributed by atoms with Crippen LogP contribution in [0.5, 0.6) is 0 Å². The van der Waals surface area contributed by atoms with Gasteiger partial charge in [-0.15, -0.1) is 0 Å². The number of alkyl carbamates (subject to hydrolysis) is 1. The molecule has 0 saturated heterocycles. The molecule has 0 saturated carbocycles. The van der Waals surface area contributed by atoms with Gasteiger partial charge in [-0.3, -0.25) is 9.97 Å². The van der Waals surface area contributed by atoms with E-state index in [1.165, 1.54) is 0 Å². The van der Waals surface area contributed by atoms with Crippen LogP contribution in [0.25, 0.3) is 11.0 Å². The maximum atomic E-state index is 11.5. The summed E-state index contributed by atoms with van der Waals surface area (Å²) in [6, 6.07) is 7.77. The molecule has 0 bridgehead atoms. The molecule has 2 aromatic heterocycles. The number of amides is 1. The van der Waals surface area contributed by atoms with Gasteiger partial charge in [-0.05, 0) is 57.9 Å². The number of nitrogens with zero attached hydrogens (tertiary/aromatic N) is 2. The Bertz CT molecular complexity index is 620. The van der Waals surface area contributed by atoms with E-state index in [4.69, 9.17) is 4.74 Å². The van der Waals surface area contributed by atoms with Crippen LogP contribution in [0.2, 0.25) is 0 Å². The second kappa shape index (κ2) is 6.52. The normalized spacial score (nSPS) is 11.4. The predicted octanol–water partition coefficient (Wildman–Crippen LogP) is 3.09. The Morgan fingerprint density at radius 3 is 2.81 bits per heavy atom. The second-order valence-electron chi connectivity index (χ2n) is 5.88. The third-order valence-corrected chi connectivity index (χ3v) is 2.79. The molecule has 2 aromatic rings. The average Bonchev–Trinajstić information content (AvgIpc) is 2.41. The maximum absolute atomic E-state index is 11.5. The summed E-state index contributed by atoms with van der Waals surface area (Å²) in [5.74, 6) is 0. The first kappa shape index (κ1) is 15.2. The second-order valence-corrected chi connectivity index (χ2v) is 5.88. The fourth-order valence-corrected chi connectivity index (χ4v) is 1.91. The van der Waals surface area contributed by atoms with Crippen molar-refractivity contribution in [2.75, 3.05) is 6.54 Å². The zero-order chi connectivity index (χ0) is 15.3. The van der Waals surface area contributed by atoms with Gasteiger partial charge in [-0.25, -0.2) is 4.79 Å². The first-order valence-corrected chi connectivity index (χ1v) is 7.11. The summed E-state index contributed by atoms with van der Waals surface area (Å²) in [5.41, 5.74) is 2.33. The Balaban J connectivity index is 1.79. The quantitative estimate of drug-likeness (QED) is 0.878. The predicted molar refractivity (Wildman–Crippen MR) is 82.1 cm³/mol. The van der Waals surface area contributed by atoms with Crippen molar-refractivity contribution in [2.45, 2.75) is 39.2 Å². The summed E-state index contributed by atoms with van der Waals surface area (Å²) in [6.45, 7) is 6.11. The molecule has 21 heavy (non-hydrogen) atoms. The standard InChI is InChI=1S/C16H21N3O2/c1-16(2,3)21-15(20)18-11-4-6-12-8-9-13-14(19-12)7-5-10-17-13/h5,7-10H,4,6,11H2,1-3H3,(H,18,20). The molecule has 0 aliphatic carbocycles. The number of hydrogen-bond acceptors (Lipinski definition) is 4. The van der Waals surface area contributed by atoms with Gasteiger partial charge in [0.15, 0.2) is 0 Å². The highest BCUT2D eigenvalue weighted by Gasteiger charge is 2.15. The number of rotatable bonds is 4. The van der Waals surface area contributed by atoms with Crippen LogP contribution in [0.3, 0.4) is 0 Å². The molecule has 0 atom stereocenters. The largest absolute Gasteiger partial charge is 0.444 e. The highest BCUT2D eigenvalue weighted by molar-refractivity contribution is 5.73. The topological polar surface area (TPSA) is 64.1 Å². The van der Waals surface area contributed by atoms with E-state index in [2.05, 4.69) is 15.3 Å². The monoisotopic (exact) mass is 287 g/mol. The van der Waals surface area contributed by atoms with E-state index in [0.717, 1.165) is 29.6 Å². The Hall–Kier alpha value is -2.17. The van der Waals surface area contributed by atoms with Gasteiger partial charge in [0.1, 0.15) is 5.60 Å². The minimum Gasteiger partial charge on any atom is -0.444 e. The highest BCUT2D eigenvalue weighted by Crippen LogP contribution is 2.10. The molecule has 1 N–H and O–H groups in total. The molecule has 5 heteroatoms. The minimum atomic E-state index is -0.461. The molecule has 5 nitrogen and oxygen atoms in total. The average molecular weight is 287 g/mol. The number of aromatic nitrogens is 2. The van der Waals surface area contributed by atoms with Crippen molar-refractivity contribution in [1.82, 2.24) is 15.3 Å². The van der Waals surface area contributed by atoms with Crippen LogP contribution in [0, 0.1) is 0 Å². The fourth-order valence-electron chi connectivity index (χ4n) is 1.91. The molecule has 0 aromatic carbocycles.